The molecule has 0 radical (unpaired) electrons. The van der Waals surface area contributed by atoms with Gasteiger partial charge in [0.2, 0.25) is 0 Å². The van der Waals surface area contributed by atoms with E-state index in [1.807, 2.05) is 67.8 Å². The fraction of sp³-hybridized carbons (Fsp3) is 0.150. The van der Waals surface area contributed by atoms with Gasteiger partial charge in [-0.15, -0.1) is 0 Å². The van der Waals surface area contributed by atoms with Crippen molar-refractivity contribution in [2.24, 2.45) is 0 Å². The Morgan fingerprint density at radius 1 is 1.04 bits per heavy atom. The van der Waals surface area contributed by atoms with Crippen LogP contribution in [-0.2, 0) is 6.54 Å². The van der Waals surface area contributed by atoms with E-state index in [0.29, 0.717) is 28.8 Å². The third-order valence-corrected chi connectivity index (χ3v) is 4.36. The Labute approximate surface area is 152 Å². The minimum atomic E-state index is 0.470. The van der Waals surface area contributed by atoms with Gasteiger partial charge in [0.1, 0.15) is 17.5 Å². The van der Waals surface area contributed by atoms with Crippen LogP contribution in [0.25, 0.3) is 11.3 Å². The van der Waals surface area contributed by atoms with E-state index in [9.17, 15) is 5.26 Å². The van der Waals surface area contributed by atoms with Crippen molar-refractivity contribution in [3.8, 4) is 17.3 Å². The van der Waals surface area contributed by atoms with E-state index in [0.717, 1.165) is 11.1 Å². The lowest BCUT2D eigenvalue weighted by Gasteiger charge is -2.12. The van der Waals surface area contributed by atoms with E-state index in [1.165, 1.54) is 17.3 Å². The Bertz CT molecular complexity index is 899. The van der Waals surface area contributed by atoms with Crippen LogP contribution in [-0.4, -0.2) is 16.2 Å². The van der Waals surface area contributed by atoms with Crippen LogP contribution in [0.5, 0.6) is 0 Å². The second kappa shape index (κ2) is 7.82. The lowest BCUT2D eigenvalue weighted by atomic mass is 10.1. The summed E-state index contributed by atoms with van der Waals surface area (Å²) in [5.74, 6) is 0.571. The molecule has 0 bridgehead atoms. The molecule has 0 aliphatic carbocycles. The van der Waals surface area contributed by atoms with Gasteiger partial charge < -0.3 is 5.32 Å². The molecule has 5 heteroatoms. The lowest BCUT2D eigenvalue weighted by molar-refractivity contribution is 0.955. The highest BCUT2D eigenvalue weighted by Gasteiger charge is 2.15. The summed E-state index contributed by atoms with van der Waals surface area (Å²) in [6.45, 7) is 2.64. The molecule has 3 rings (SSSR count). The van der Waals surface area contributed by atoms with Crippen molar-refractivity contribution in [3.05, 3.63) is 71.3 Å². The zero-order valence-electron chi connectivity index (χ0n) is 14.2. The fourth-order valence-corrected chi connectivity index (χ4v) is 2.83. The second-order valence-corrected chi connectivity index (χ2v) is 6.37. The van der Waals surface area contributed by atoms with E-state index in [2.05, 4.69) is 21.4 Å². The van der Waals surface area contributed by atoms with Crippen LogP contribution < -0.4 is 5.32 Å². The molecule has 0 atom stereocenters. The summed E-state index contributed by atoms with van der Waals surface area (Å²) in [6.07, 6.45) is 1.93. The molecule has 0 saturated heterocycles. The van der Waals surface area contributed by atoms with Crippen molar-refractivity contribution in [3.63, 3.8) is 0 Å². The van der Waals surface area contributed by atoms with Gasteiger partial charge in [0.05, 0.1) is 5.69 Å². The number of aromatic nitrogens is 2. The first-order valence-electron chi connectivity index (χ1n) is 7.92. The first-order chi connectivity index (χ1) is 12.2. The van der Waals surface area contributed by atoms with E-state index in [4.69, 9.17) is 0 Å². The maximum atomic E-state index is 9.70. The molecule has 0 saturated carbocycles. The van der Waals surface area contributed by atoms with Crippen LogP contribution in [0.4, 0.5) is 5.82 Å². The van der Waals surface area contributed by atoms with Gasteiger partial charge >= 0.3 is 0 Å². The van der Waals surface area contributed by atoms with Gasteiger partial charge in [-0.1, -0.05) is 71.9 Å². The van der Waals surface area contributed by atoms with Crippen LogP contribution in [0.2, 0.25) is 0 Å². The number of aryl methyl sites for hydroxylation is 1. The van der Waals surface area contributed by atoms with Gasteiger partial charge in [0.25, 0.3) is 0 Å². The zero-order chi connectivity index (χ0) is 17.6. The third-order valence-electron chi connectivity index (χ3n) is 3.81. The molecular formula is C20H18N4S. The van der Waals surface area contributed by atoms with Crippen LogP contribution >= 0.6 is 11.8 Å². The predicted octanol–water partition coefficient (Wildman–Crippen LogP) is 4.66. The number of rotatable bonds is 5. The number of hydrogen-bond donors (Lipinski definition) is 1. The molecule has 0 unspecified atom stereocenters. The molecule has 2 aromatic carbocycles. The molecule has 0 aliphatic heterocycles. The number of anilines is 1. The Morgan fingerprint density at radius 3 is 2.40 bits per heavy atom. The molecule has 1 heterocycles. The first-order valence-corrected chi connectivity index (χ1v) is 9.14. The molecule has 0 spiro atoms. The van der Waals surface area contributed by atoms with Crippen molar-refractivity contribution in [2.45, 2.75) is 18.6 Å². The fourth-order valence-electron chi connectivity index (χ4n) is 2.47. The van der Waals surface area contributed by atoms with Crippen LogP contribution in [0.15, 0.2) is 59.8 Å². The number of nitrogens with zero attached hydrogens (tertiary/aromatic N) is 3. The average Bonchev–Trinajstić information content (AvgIpc) is 2.67. The number of benzene rings is 2. The van der Waals surface area contributed by atoms with Gasteiger partial charge in [-0.05, 0) is 18.7 Å². The normalized spacial score (nSPS) is 10.3. The molecule has 1 aromatic heterocycles. The summed E-state index contributed by atoms with van der Waals surface area (Å²) in [6, 6.07) is 20.3. The van der Waals surface area contributed by atoms with Crippen molar-refractivity contribution in [1.29, 1.82) is 5.26 Å². The van der Waals surface area contributed by atoms with Crippen molar-refractivity contribution < 1.29 is 0 Å². The lowest BCUT2D eigenvalue weighted by Crippen LogP contribution is -2.07. The largest absolute Gasteiger partial charge is 0.365 e. The quantitative estimate of drug-likeness (QED) is 0.538. The van der Waals surface area contributed by atoms with Gasteiger partial charge in [-0.3, -0.25) is 0 Å². The predicted molar refractivity (Wildman–Crippen MR) is 102 cm³/mol. The molecule has 0 fully saturated rings. The Hall–Kier alpha value is -2.84. The number of thioether (sulfide) groups is 1. The molecule has 25 heavy (non-hydrogen) atoms. The Kier molecular flexibility index (Phi) is 5.32. The molecule has 4 nitrogen and oxygen atoms in total. The highest BCUT2D eigenvalue weighted by atomic mass is 32.2. The Morgan fingerprint density at radius 2 is 1.76 bits per heavy atom. The van der Waals surface area contributed by atoms with Gasteiger partial charge in [-0.25, -0.2) is 9.97 Å². The molecule has 0 amide bonds. The standard InChI is InChI=1S/C20H18N4S/c1-14-8-10-16(11-9-14)18-17(12-21)19(24-20(23-18)25-2)22-13-15-6-4-3-5-7-15/h3-11H,13H2,1-2H3,(H,22,23,24). The highest BCUT2D eigenvalue weighted by molar-refractivity contribution is 7.98. The SMILES string of the molecule is CSc1nc(NCc2ccccc2)c(C#N)c(-c2ccc(C)cc2)n1. The van der Waals surface area contributed by atoms with E-state index in [-0.39, 0.29) is 0 Å². The molecule has 3 aromatic rings. The molecule has 124 valence electrons. The maximum Gasteiger partial charge on any atom is 0.189 e. The minimum Gasteiger partial charge on any atom is -0.365 e. The van der Waals surface area contributed by atoms with Crippen molar-refractivity contribution >= 4 is 17.6 Å². The van der Waals surface area contributed by atoms with E-state index in [1.54, 1.807) is 0 Å². The van der Waals surface area contributed by atoms with Crippen LogP contribution in [0.1, 0.15) is 16.7 Å². The second-order valence-electron chi connectivity index (χ2n) is 5.60. The smallest absolute Gasteiger partial charge is 0.189 e. The van der Waals surface area contributed by atoms with Crippen LogP contribution in [0, 0.1) is 18.3 Å². The summed E-state index contributed by atoms with van der Waals surface area (Å²) in [7, 11) is 0. The minimum absolute atomic E-state index is 0.470. The third kappa shape index (κ3) is 3.98. The van der Waals surface area contributed by atoms with Gasteiger partial charge in [0.15, 0.2) is 5.16 Å². The molecular weight excluding hydrogens is 328 g/mol. The first kappa shape index (κ1) is 17.0. The molecule has 1 N–H and O–H groups in total. The zero-order valence-corrected chi connectivity index (χ0v) is 15.0. The topological polar surface area (TPSA) is 61.6 Å². The summed E-state index contributed by atoms with van der Waals surface area (Å²) in [5, 5.41) is 13.6. The molecule has 0 aliphatic rings. The number of hydrogen-bond acceptors (Lipinski definition) is 5. The summed E-state index contributed by atoms with van der Waals surface area (Å²) in [5.41, 5.74) is 4.36. The summed E-state index contributed by atoms with van der Waals surface area (Å²) >= 11 is 1.46. The average molecular weight is 346 g/mol. The summed E-state index contributed by atoms with van der Waals surface area (Å²) < 4.78 is 0. The number of nitrogens with one attached hydrogen (secondary N) is 1. The van der Waals surface area contributed by atoms with E-state index >= 15 is 0 Å². The van der Waals surface area contributed by atoms with E-state index < -0.39 is 0 Å². The van der Waals surface area contributed by atoms with Gasteiger partial charge in [0, 0.05) is 12.1 Å². The maximum absolute atomic E-state index is 9.70. The number of nitriles is 1. The van der Waals surface area contributed by atoms with Crippen molar-refractivity contribution in [1.82, 2.24) is 9.97 Å². The highest BCUT2D eigenvalue weighted by Crippen LogP contribution is 2.28. The summed E-state index contributed by atoms with van der Waals surface area (Å²) in [4.78, 5) is 9.07. The van der Waals surface area contributed by atoms with Crippen molar-refractivity contribution in [2.75, 3.05) is 11.6 Å². The van der Waals surface area contributed by atoms with Gasteiger partial charge in [-0.2, -0.15) is 5.26 Å². The monoisotopic (exact) mass is 346 g/mol. The van der Waals surface area contributed by atoms with Crippen LogP contribution in [0.3, 0.4) is 0 Å². The Balaban J connectivity index is 2.01.